The van der Waals surface area contributed by atoms with Crippen molar-refractivity contribution in [2.45, 2.75) is 24.3 Å². The van der Waals surface area contributed by atoms with Gasteiger partial charge in [0.05, 0.1) is 6.42 Å². The molecule has 2 aromatic carbocycles. The van der Waals surface area contributed by atoms with Gasteiger partial charge in [0.2, 0.25) is 5.91 Å². The third kappa shape index (κ3) is 5.70. The number of H-pyrrole nitrogens is 1. The Morgan fingerprint density at radius 1 is 1.13 bits per heavy atom. The van der Waals surface area contributed by atoms with E-state index >= 15 is 0 Å². The molecule has 0 saturated heterocycles. The van der Waals surface area contributed by atoms with Gasteiger partial charge in [0.25, 0.3) is 5.56 Å². The van der Waals surface area contributed by atoms with Crippen LogP contribution >= 0.6 is 11.8 Å². The van der Waals surface area contributed by atoms with Gasteiger partial charge in [-0.25, -0.2) is 9.37 Å². The molecule has 156 valence electrons. The molecule has 0 aliphatic carbocycles. The van der Waals surface area contributed by atoms with Crippen molar-refractivity contribution in [2.24, 2.45) is 0 Å². The molecule has 0 fully saturated rings. The van der Waals surface area contributed by atoms with E-state index in [1.807, 2.05) is 43.3 Å². The lowest BCUT2D eigenvalue weighted by molar-refractivity contribution is -0.115. The standard InChI is InChI=1S/C22H23FN4O2S/c1-14-19(12-20(28)25-17-8-10-18(11-9-17)27(2)3)21(29)26-22(24-14)30-13-15-4-6-16(23)7-5-15/h4-11H,12-13H2,1-3H3,(H,25,28)(H,24,26,29). The van der Waals surface area contributed by atoms with Gasteiger partial charge in [0.15, 0.2) is 5.16 Å². The highest BCUT2D eigenvalue weighted by molar-refractivity contribution is 7.98. The number of hydrogen-bond donors (Lipinski definition) is 2. The van der Waals surface area contributed by atoms with Crippen LogP contribution in [0.15, 0.2) is 58.5 Å². The summed E-state index contributed by atoms with van der Waals surface area (Å²) in [6.07, 6.45) is -0.0630. The third-order valence-electron chi connectivity index (χ3n) is 4.49. The zero-order chi connectivity index (χ0) is 21.7. The van der Waals surface area contributed by atoms with Crippen molar-refractivity contribution in [3.05, 3.63) is 81.5 Å². The molecule has 2 N–H and O–H groups in total. The Balaban J connectivity index is 1.63. The average molecular weight is 427 g/mol. The molecule has 3 aromatic rings. The molecule has 0 bridgehead atoms. The van der Waals surface area contributed by atoms with Gasteiger partial charge in [-0.15, -0.1) is 0 Å². The molecule has 0 atom stereocenters. The first kappa shape index (κ1) is 21.6. The fraction of sp³-hybridized carbons (Fsp3) is 0.227. The Morgan fingerprint density at radius 2 is 1.80 bits per heavy atom. The van der Waals surface area contributed by atoms with E-state index in [1.165, 1.54) is 23.9 Å². The molecule has 0 aliphatic rings. The number of carbonyl (C=O) groups excluding carboxylic acids is 1. The van der Waals surface area contributed by atoms with Crippen LogP contribution in [-0.4, -0.2) is 30.0 Å². The Bertz CT molecular complexity index is 1080. The summed E-state index contributed by atoms with van der Waals surface area (Å²) in [4.78, 5) is 34.0. The Labute approximate surface area is 178 Å². The second-order valence-electron chi connectivity index (χ2n) is 7.02. The average Bonchev–Trinajstić information content (AvgIpc) is 2.71. The SMILES string of the molecule is Cc1nc(SCc2ccc(F)cc2)[nH]c(=O)c1CC(=O)Nc1ccc(N(C)C)cc1. The maximum atomic E-state index is 13.0. The van der Waals surface area contributed by atoms with E-state index in [-0.39, 0.29) is 23.7 Å². The molecule has 6 nitrogen and oxygen atoms in total. The fourth-order valence-electron chi connectivity index (χ4n) is 2.80. The highest BCUT2D eigenvalue weighted by Crippen LogP contribution is 2.20. The van der Waals surface area contributed by atoms with Crippen molar-refractivity contribution in [3.8, 4) is 0 Å². The number of thioether (sulfide) groups is 1. The summed E-state index contributed by atoms with van der Waals surface area (Å²) in [6.45, 7) is 1.71. The van der Waals surface area contributed by atoms with Crippen molar-refractivity contribution >= 4 is 29.0 Å². The Kier molecular flexibility index (Phi) is 6.89. The number of carbonyl (C=O) groups is 1. The predicted molar refractivity (Wildman–Crippen MR) is 119 cm³/mol. The lowest BCUT2D eigenvalue weighted by Gasteiger charge is -2.13. The fourth-order valence-corrected chi connectivity index (χ4v) is 3.66. The number of aromatic amines is 1. The summed E-state index contributed by atoms with van der Waals surface area (Å²) in [5.41, 5.74) is 3.13. The van der Waals surface area contributed by atoms with E-state index in [2.05, 4.69) is 15.3 Å². The summed E-state index contributed by atoms with van der Waals surface area (Å²) in [5.74, 6) is -0.0251. The van der Waals surface area contributed by atoms with Crippen LogP contribution in [-0.2, 0) is 17.0 Å². The molecular formula is C22H23FN4O2S. The van der Waals surface area contributed by atoms with Crippen molar-refractivity contribution in [1.82, 2.24) is 9.97 Å². The van der Waals surface area contributed by atoms with Crippen LogP contribution in [0.4, 0.5) is 15.8 Å². The topological polar surface area (TPSA) is 78.1 Å². The zero-order valence-electron chi connectivity index (χ0n) is 17.0. The predicted octanol–water partition coefficient (Wildman–Crippen LogP) is 3.76. The van der Waals surface area contributed by atoms with Crippen molar-refractivity contribution < 1.29 is 9.18 Å². The van der Waals surface area contributed by atoms with Crippen molar-refractivity contribution in [1.29, 1.82) is 0 Å². The Hall–Kier alpha value is -3.13. The van der Waals surface area contributed by atoms with Gasteiger partial charge in [-0.3, -0.25) is 9.59 Å². The van der Waals surface area contributed by atoms with Gasteiger partial charge in [-0.05, 0) is 48.9 Å². The molecule has 8 heteroatoms. The minimum atomic E-state index is -0.331. The van der Waals surface area contributed by atoms with Gasteiger partial charge in [-0.2, -0.15) is 0 Å². The summed E-state index contributed by atoms with van der Waals surface area (Å²) in [7, 11) is 3.88. The molecule has 0 radical (unpaired) electrons. The summed E-state index contributed by atoms with van der Waals surface area (Å²) in [6, 6.07) is 13.6. The van der Waals surface area contributed by atoms with Gasteiger partial charge in [0, 0.05) is 42.5 Å². The summed E-state index contributed by atoms with van der Waals surface area (Å²) >= 11 is 1.35. The number of amides is 1. The number of aryl methyl sites for hydroxylation is 1. The first-order valence-electron chi connectivity index (χ1n) is 9.36. The second kappa shape index (κ2) is 9.58. The minimum Gasteiger partial charge on any atom is -0.378 e. The van der Waals surface area contributed by atoms with Gasteiger partial charge < -0.3 is 15.2 Å². The van der Waals surface area contributed by atoms with Crippen molar-refractivity contribution in [2.75, 3.05) is 24.3 Å². The number of halogens is 1. The highest BCUT2D eigenvalue weighted by Gasteiger charge is 2.13. The van der Waals surface area contributed by atoms with E-state index in [0.29, 0.717) is 27.9 Å². The van der Waals surface area contributed by atoms with Gasteiger partial charge >= 0.3 is 0 Å². The van der Waals surface area contributed by atoms with Crippen LogP contribution in [0, 0.1) is 12.7 Å². The van der Waals surface area contributed by atoms with E-state index in [4.69, 9.17) is 0 Å². The zero-order valence-corrected chi connectivity index (χ0v) is 17.8. The second-order valence-corrected chi connectivity index (χ2v) is 7.98. The van der Waals surface area contributed by atoms with Crippen LogP contribution in [0.5, 0.6) is 0 Å². The number of hydrogen-bond acceptors (Lipinski definition) is 5. The smallest absolute Gasteiger partial charge is 0.255 e. The molecule has 0 spiro atoms. The van der Waals surface area contributed by atoms with Crippen LogP contribution in [0.3, 0.4) is 0 Å². The van der Waals surface area contributed by atoms with E-state index in [1.54, 1.807) is 19.1 Å². The monoisotopic (exact) mass is 426 g/mol. The minimum absolute atomic E-state index is 0.0630. The van der Waals surface area contributed by atoms with Gasteiger partial charge in [-0.1, -0.05) is 23.9 Å². The van der Waals surface area contributed by atoms with Crippen LogP contribution in [0.2, 0.25) is 0 Å². The Morgan fingerprint density at radius 3 is 2.40 bits per heavy atom. The number of aromatic nitrogens is 2. The molecule has 3 rings (SSSR count). The molecule has 1 amide bonds. The van der Waals surface area contributed by atoms with Crippen LogP contribution < -0.4 is 15.8 Å². The van der Waals surface area contributed by atoms with Crippen LogP contribution in [0.1, 0.15) is 16.8 Å². The maximum absolute atomic E-state index is 13.0. The first-order valence-corrected chi connectivity index (χ1v) is 10.3. The summed E-state index contributed by atoms with van der Waals surface area (Å²) in [5, 5.41) is 3.27. The quantitative estimate of drug-likeness (QED) is 0.444. The number of rotatable bonds is 7. The lowest BCUT2D eigenvalue weighted by Crippen LogP contribution is -2.23. The lowest BCUT2D eigenvalue weighted by atomic mass is 10.1. The molecule has 0 aliphatic heterocycles. The van der Waals surface area contributed by atoms with E-state index < -0.39 is 0 Å². The molecule has 0 saturated carbocycles. The molecule has 1 aromatic heterocycles. The molecule has 30 heavy (non-hydrogen) atoms. The number of anilines is 2. The maximum Gasteiger partial charge on any atom is 0.255 e. The van der Waals surface area contributed by atoms with Crippen molar-refractivity contribution in [3.63, 3.8) is 0 Å². The largest absolute Gasteiger partial charge is 0.378 e. The molecular weight excluding hydrogens is 403 g/mol. The first-order chi connectivity index (χ1) is 14.3. The molecule has 0 unspecified atom stereocenters. The number of benzene rings is 2. The van der Waals surface area contributed by atoms with E-state index in [0.717, 1.165) is 11.3 Å². The number of nitrogens with one attached hydrogen (secondary N) is 2. The van der Waals surface area contributed by atoms with Gasteiger partial charge in [0.1, 0.15) is 5.82 Å². The number of nitrogens with zero attached hydrogens (tertiary/aromatic N) is 2. The normalized spacial score (nSPS) is 10.7. The van der Waals surface area contributed by atoms with E-state index in [9.17, 15) is 14.0 Å². The third-order valence-corrected chi connectivity index (χ3v) is 5.44. The molecule has 1 heterocycles. The summed E-state index contributed by atoms with van der Waals surface area (Å²) < 4.78 is 13.0. The highest BCUT2D eigenvalue weighted by atomic mass is 32.2. The van der Waals surface area contributed by atoms with Crippen LogP contribution in [0.25, 0.3) is 0 Å².